The fraction of sp³-hybridized carbons (Fsp3) is 0.579. The van der Waals surface area contributed by atoms with Crippen molar-refractivity contribution in [2.75, 3.05) is 13.2 Å². The highest BCUT2D eigenvalue weighted by Gasteiger charge is 2.27. The summed E-state index contributed by atoms with van der Waals surface area (Å²) in [5, 5.41) is 16.2. The molecule has 1 aromatic carbocycles. The van der Waals surface area contributed by atoms with E-state index in [-0.39, 0.29) is 41.6 Å². The van der Waals surface area contributed by atoms with E-state index in [0.29, 0.717) is 19.2 Å². The van der Waals surface area contributed by atoms with E-state index in [9.17, 15) is 9.90 Å². The molecule has 1 aliphatic carbocycles. The van der Waals surface area contributed by atoms with Gasteiger partial charge in [0.15, 0.2) is 5.96 Å². The molecule has 0 aliphatic heterocycles. The van der Waals surface area contributed by atoms with Crippen molar-refractivity contribution in [2.45, 2.75) is 52.1 Å². The Hall–Kier alpha value is -1.51. The third-order valence-electron chi connectivity index (χ3n) is 4.36. The van der Waals surface area contributed by atoms with Gasteiger partial charge in [0.05, 0.1) is 19.1 Å². The quantitative estimate of drug-likeness (QED) is 0.255. The SMILES string of the molecule is CCNC(=NCc1cccc(O)c1)NC1CCC(C(=O)OCC)CC1.I. The van der Waals surface area contributed by atoms with E-state index in [0.717, 1.165) is 43.8 Å². The Morgan fingerprint density at radius 2 is 2.00 bits per heavy atom. The van der Waals surface area contributed by atoms with Crippen LogP contribution in [0, 0.1) is 5.92 Å². The van der Waals surface area contributed by atoms with Gasteiger partial charge in [-0.25, -0.2) is 4.99 Å². The first kappa shape index (κ1) is 22.5. The highest BCUT2D eigenvalue weighted by molar-refractivity contribution is 14.0. The average molecular weight is 475 g/mol. The van der Waals surface area contributed by atoms with Gasteiger partial charge in [-0.1, -0.05) is 12.1 Å². The van der Waals surface area contributed by atoms with Crippen molar-refractivity contribution in [3.8, 4) is 5.75 Å². The van der Waals surface area contributed by atoms with Gasteiger partial charge < -0.3 is 20.5 Å². The summed E-state index contributed by atoms with van der Waals surface area (Å²) in [6.45, 7) is 5.61. The molecule has 1 aliphatic rings. The lowest BCUT2D eigenvalue weighted by Gasteiger charge is -2.29. The van der Waals surface area contributed by atoms with Crippen LogP contribution in [0.5, 0.6) is 5.75 Å². The summed E-state index contributed by atoms with van der Waals surface area (Å²) in [5.74, 6) is 0.989. The number of aromatic hydroxyl groups is 1. The molecule has 1 saturated carbocycles. The molecule has 26 heavy (non-hydrogen) atoms. The number of ether oxygens (including phenoxy) is 1. The fourth-order valence-electron chi connectivity index (χ4n) is 3.07. The van der Waals surface area contributed by atoms with Crippen molar-refractivity contribution in [1.82, 2.24) is 10.6 Å². The Kier molecular flexibility index (Phi) is 10.4. The first-order valence-corrected chi connectivity index (χ1v) is 9.11. The van der Waals surface area contributed by atoms with E-state index in [1.54, 1.807) is 12.1 Å². The van der Waals surface area contributed by atoms with E-state index < -0.39 is 0 Å². The number of halogens is 1. The fourth-order valence-corrected chi connectivity index (χ4v) is 3.07. The smallest absolute Gasteiger partial charge is 0.308 e. The van der Waals surface area contributed by atoms with Crippen molar-refractivity contribution in [2.24, 2.45) is 10.9 Å². The topological polar surface area (TPSA) is 83.0 Å². The van der Waals surface area contributed by atoms with E-state index in [4.69, 9.17) is 4.74 Å². The molecule has 0 aromatic heterocycles. The molecule has 0 bridgehead atoms. The number of phenolic OH excluding ortho intramolecular Hbond substituents is 1. The Labute approximate surface area is 172 Å². The van der Waals surface area contributed by atoms with E-state index in [2.05, 4.69) is 15.6 Å². The summed E-state index contributed by atoms with van der Waals surface area (Å²) < 4.78 is 5.12. The third-order valence-corrected chi connectivity index (χ3v) is 4.36. The number of carbonyl (C=O) groups excluding carboxylic acids is 1. The first-order chi connectivity index (χ1) is 12.1. The highest BCUT2D eigenvalue weighted by Crippen LogP contribution is 2.25. The molecule has 0 unspecified atom stereocenters. The van der Waals surface area contributed by atoms with Crippen LogP contribution in [0.2, 0.25) is 0 Å². The molecule has 0 amide bonds. The second-order valence-corrected chi connectivity index (χ2v) is 6.31. The highest BCUT2D eigenvalue weighted by atomic mass is 127. The van der Waals surface area contributed by atoms with Crippen LogP contribution in [-0.2, 0) is 16.1 Å². The van der Waals surface area contributed by atoms with Crippen LogP contribution < -0.4 is 10.6 Å². The molecule has 7 heteroatoms. The summed E-state index contributed by atoms with van der Waals surface area (Å²) >= 11 is 0. The largest absolute Gasteiger partial charge is 0.508 e. The van der Waals surface area contributed by atoms with E-state index in [1.165, 1.54) is 0 Å². The molecule has 0 saturated heterocycles. The Morgan fingerprint density at radius 3 is 2.62 bits per heavy atom. The Morgan fingerprint density at radius 1 is 1.27 bits per heavy atom. The lowest BCUT2D eigenvalue weighted by atomic mass is 9.86. The third kappa shape index (κ3) is 7.39. The van der Waals surface area contributed by atoms with Crippen LogP contribution in [-0.4, -0.2) is 36.2 Å². The zero-order valence-electron chi connectivity index (χ0n) is 15.5. The summed E-state index contributed by atoms with van der Waals surface area (Å²) in [4.78, 5) is 16.4. The van der Waals surface area contributed by atoms with Crippen molar-refractivity contribution >= 4 is 35.9 Å². The molecule has 2 rings (SSSR count). The number of benzene rings is 1. The molecule has 1 aromatic rings. The number of aliphatic imine (C=N–C) groups is 1. The molecule has 0 spiro atoms. The minimum absolute atomic E-state index is 0. The molecule has 6 nitrogen and oxygen atoms in total. The zero-order valence-corrected chi connectivity index (χ0v) is 17.9. The number of hydrogen-bond acceptors (Lipinski definition) is 4. The summed E-state index contributed by atoms with van der Waals surface area (Å²) in [5.41, 5.74) is 0.961. The normalized spacial score (nSPS) is 20.0. The average Bonchev–Trinajstić information content (AvgIpc) is 2.61. The molecular weight excluding hydrogens is 445 g/mol. The number of esters is 1. The predicted octanol–water partition coefficient (Wildman–Crippen LogP) is 3.19. The van der Waals surface area contributed by atoms with Crippen molar-refractivity contribution in [3.63, 3.8) is 0 Å². The molecular formula is C19H30IN3O3. The summed E-state index contributed by atoms with van der Waals surface area (Å²) in [6, 6.07) is 7.44. The predicted molar refractivity (Wildman–Crippen MR) is 114 cm³/mol. The number of phenols is 1. The van der Waals surface area contributed by atoms with Gasteiger partial charge in [0.2, 0.25) is 0 Å². The van der Waals surface area contributed by atoms with Gasteiger partial charge in [-0.05, 0) is 57.2 Å². The van der Waals surface area contributed by atoms with Crippen LogP contribution in [0.4, 0.5) is 0 Å². The molecule has 1 fully saturated rings. The zero-order chi connectivity index (χ0) is 18.1. The minimum Gasteiger partial charge on any atom is -0.508 e. The van der Waals surface area contributed by atoms with Crippen molar-refractivity contribution in [3.05, 3.63) is 29.8 Å². The standard InChI is InChI=1S/C19H29N3O3.HI/c1-3-20-19(21-13-14-6-5-7-17(23)12-14)22-16-10-8-15(9-11-16)18(24)25-4-2;/h5-7,12,15-16,23H,3-4,8-11,13H2,1-2H3,(H2,20,21,22);1H. The Balaban J connectivity index is 0.00000338. The lowest BCUT2D eigenvalue weighted by Crippen LogP contribution is -2.45. The van der Waals surface area contributed by atoms with E-state index in [1.807, 2.05) is 26.0 Å². The number of guanidine groups is 1. The second kappa shape index (κ2) is 12.0. The molecule has 0 atom stereocenters. The number of hydrogen-bond donors (Lipinski definition) is 3. The number of nitrogens with one attached hydrogen (secondary N) is 2. The summed E-state index contributed by atoms with van der Waals surface area (Å²) in [7, 11) is 0. The van der Waals surface area contributed by atoms with Crippen LogP contribution in [0.15, 0.2) is 29.3 Å². The van der Waals surface area contributed by atoms with Gasteiger partial charge in [-0.15, -0.1) is 24.0 Å². The molecule has 146 valence electrons. The van der Waals surface area contributed by atoms with Gasteiger partial charge in [0.25, 0.3) is 0 Å². The van der Waals surface area contributed by atoms with Crippen LogP contribution in [0.1, 0.15) is 45.1 Å². The van der Waals surface area contributed by atoms with Gasteiger partial charge in [0, 0.05) is 12.6 Å². The number of nitrogens with zero attached hydrogens (tertiary/aromatic N) is 1. The van der Waals surface area contributed by atoms with Gasteiger partial charge in [0.1, 0.15) is 5.75 Å². The van der Waals surface area contributed by atoms with Gasteiger partial charge in [-0.2, -0.15) is 0 Å². The van der Waals surface area contributed by atoms with Crippen molar-refractivity contribution < 1.29 is 14.6 Å². The lowest BCUT2D eigenvalue weighted by molar-refractivity contribution is -0.149. The monoisotopic (exact) mass is 475 g/mol. The molecule has 0 radical (unpaired) electrons. The number of rotatable bonds is 6. The maximum atomic E-state index is 11.8. The van der Waals surface area contributed by atoms with E-state index >= 15 is 0 Å². The van der Waals surface area contributed by atoms with Gasteiger partial charge >= 0.3 is 5.97 Å². The molecule has 0 heterocycles. The Bertz CT molecular complexity index is 587. The first-order valence-electron chi connectivity index (χ1n) is 9.11. The maximum absolute atomic E-state index is 11.8. The minimum atomic E-state index is -0.0644. The van der Waals surface area contributed by atoms with Crippen molar-refractivity contribution in [1.29, 1.82) is 0 Å². The number of carbonyl (C=O) groups is 1. The second-order valence-electron chi connectivity index (χ2n) is 6.31. The van der Waals surface area contributed by atoms with Gasteiger partial charge in [-0.3, -0.25) is 4.79 Å². The molecule has 3 N–H and O–H groups in total. The van der Waals surface area contributed by atoms with Crippen LogP contribution in [0.25, 0.3) is 0 Å². The van der Waals surface area contributed by atoms with Crippen LogP contribution >= 0.6 is 24.0 Å². The summed E-state index contributed by atoms with van der Waals surface area (Å²) in [6.07, 6.45) is 3.56. The maximum Gasteiger partial charge on any atom is 0.308 e. The van der Waals surface area contributed by atoms with Crippen LogP contribution in [0.3, 0.4) is 0 Å².